The molecule has 0 amide bonds. The van der Waals surface area contributed by atoms with Gasteiger partial charge in [0.2, 0.25) is 0 Å². The molecular weight excluding hydrogens is 508 g/mol. The van der Waals surface area contributed by atoms with E-state index in [1.165, 1.54) is 24.3 Å². The van der Waals surface area contributed by atoms with Gasteiger partial charge in [-0.1, -0.05) is 19.2 Å². The van der Waals surface area contributed by atoms with Crippen molar-refractivity contribution in [2.75, 3.05) is 4.90 Å². The molecule has 40 heavy (non-hydrogen) atoms. The molecule has 0 spiro atoms. The van der Waals surface area contributed by atoms with Gasteiger partial charge in [0.05, 0.1) is 5.52 Å². The molecule has 4 aromatic rings. The predicted molar refractivity (Wildman–Crippen MR) is 154 cm³/mol. The number of ether oxygens (including phenoxy) is 1. The summed E-state index contributed by atoms with van der Waals surface area (Å²) >= 11 is 0. The van der Waals surface area contributed by atoms with Crippen LogP contribution in [0.25, 0.3) is 16.6 Å². The number of hydrogen-bond donors (Lipinski definition) is 0. The van der Waals surface area contributed by atoms with E-state index in [-0.39, 0.29) is 23.8 Å². The minimum Gasteiger partial charge on any atom is -0.452 e. The molecule has 0 radical (unpaired) electrons. The Morgan fingerprint density at radius 2 is 1.75 bits per heavy atom. The molecule has 1 aliphatic heterocycles. The maximum atomic E-state index is 15.2. The predicted octanol–water partition coefficient (Wildman–Crippen LogP) is 8.10. The van der Waals surface area contributed by atoms with Crippen LogP contribution in [0.15, 0.2) is 109 Å². The number of aromatic nitrogens is 2. The average Bonchev–Trinajstić information content (AvgIpc) is 2.90. The van der Waals surface area contributed by atoms with Crippen molar-refractivity contribution in [3.8, 4) is 11.5 Å². The maximum Gasteiger partial charge on any atom is 0.169 e. The van der Waals surface area contributed by atoms with Gasteiger partial charge in [-0.05, 0) is 91.6 Å². The van der Waals surface area contributed by atoms with Crippen LogP contribution in [0.3, 0.4) is 0 Å². The summed E-state index contributed by atoms with van der Waals surface area (Å²) in [6.45, 7) is 13.7. The number of hydrogen-bond acceptors (Lipinski definition) is 5. The second kappa shape index (κ2) is 10.7. The molecule has 0 unspecified atom stereocenters. The molecule has 5 rings (SSSR count). The Balaban J connectivity index is 1.36. The number of ketones is 1. The van der Waals surface area contributed by atoms with Crippen LogP contribution in [0.2, 0.25) is 0 Å². The van der Waals surface area contributed by atoms with Crippen molar-refractivity contribution in [2.45, 2.75) is 27.2 Å². The third-order valence-corrected chi connectivity index (χ3v) is 6.71. The number of benzene rings is 2. The van der Waals surface area contributed by atoms with E-state index in [1.54, 1.807) is 36.7 Å². The molecule has 7 heteroatoms. The van der Waals surface area contributed by atoms with Crippen LogP contribution >= 0.6 is 0 Å². The van der Waals surface area contributed by atoms with E-state index in [0.717, 1.165) is 22.4 Å². The van der Waals surface area contributed by atoms with Gasteiger partial charge in [0.25, 0.3) is 0 Å². The van der Waals surface area contributed by atoms with E-state index in [1.807, 2.05) is 37.8 Å². The lowest BCUT2D eigenvalue weighted by atomic mass is 9.92. The van der Waals surface area contributed by atoms with E-state index < -0.39 is 5.82 Å². The summed E-state index contributed by atoms with van der Waals surface area (Å²) in [5.74, 6) is -0.790. The summed E-state index contributed by atoms with van der Waals surface area (Å²) < 4.78 is 34.5. The molecule has 5 nitrogen and oxygen atoms in total. The van der Waals surface area contributed by atoms with Crippen molar-refractivity contribution in [3.05, 3.63) is 132 Å². The van der Waals surface area contributed by atoms with Crippen molar-refractivity contribution in [1.29, 1.82) is 0 Å². The van der Waals surface area contributed by atoms with Crippen LogP contribution in [0.4, 0.5) is 14.5 Å². The van der Waals surface area contributed by atoms with Gasteiger partial charge in [-0.2, -0.15) is 0 Å². The zero-order valence-corrected chi connectivity index (χ0v) is 22.5. The Hall–Kier alpha value is -4.91. The van der Waals surface area contributed by atoms with E-state index >= 15 is 4.39 Å². The Morgan fingerprint density at radius 1 is 1.00 bits per heavy atom. The molecule has 2 aromatic heterocycles. The van der Waals surface area contributed by atoms with Crippen LogP contribution < -0.4 is 9.64 Å². The third kappa shape index (κ3) is 5.18. The highest BCUT2D eigenvalue weighted by molar-refractivity contribution is 6.03. The summed E-state index contributed by atoms with van der Waals surface area (Å²) in [5.41, 5.74) is 6.55. The normalized spacial score (nSPS) is 13.5. The van der Waals surface area contributed by atoms with E-state index in [4.69, 9.17) is 4.74 Å². The number of carbonyl (C=O) groups is 1. The van der Waals surface area contributed by atoms with Gasteiger partial charge in [-0.15, -0.1) is 0 Å². The fourth-order valence-corrected chi connectivity index (χ4v) is 4.78. The first-order valence-corrected chi connectivity index (χ1v) is 12.7. The van der Waals surface area contributed by atoms with Crippen LogP contribution in [0, 0.1) is 11.6 Å². The van der Waals surface area contributed by atoms with Gasteiger partial charge < -0.3 is 9.64 Å². The number of Topliss-reactive ketones (excluding diaryl/α,β-unsaturated/α-hetero) is 1. The standard InChI is InChI=1S/C33H27F2N3O2/c1-19(2)24-17-28-33(37-18-24)31(12-13-36-28)40-30-11-6-23(15-27(30)35)16-29(39)32-20(3)14-21(4)38(22(32)5)26-9-7-25(34)8-10-26/h6-15,17-18H,1,5,16H2,2-4H3. The molecule has 0 aliphatic carbocycles. The fraction of sp³-hybridized carbons (Fsp3) is 0.121. The number of allylic oxidation sites excluding steroid dienone is 5. The van der Waals surface area contributed by atoms with E-state index in [9.17, 15) is 9.18 Å². The summed E-state index contributed by atoms with van der Waals surface area (Å²) in [7, 11) is 0. The zero-order valence-electron chi connectivity index (χ0n) is 22.5. The highest BCUT2D eigenvalue weighted by atomic mass is 19.1. The molecule has 0 saturated carbocycles. The molecule has 0 saturated heterocycles. The Kier molecular flexibility index (Phi) is 7.13. The van der Waals surface area contributed by atoms with Gasteiger partial charge >= 0.3 is 0 Å². The van der Waals surface area contributed by atoms with Crippen molar-refractivity contribution < 1.29 is 18.3 Å². The first-order chi connectivity index (χ1) is 19.1. The average molecular weight is 536 g/mol. The molecular formula is C33H27F2N3O2. The number of pyridine rings is 2. The highest BCUT2D eigenvalue weighted by Crippen LogP contribution is 2.35. The monoisotopic (exact) mass is 535 g/mol. The van der Waals surface area contributed by atoms with Crippen molar-refractivity contribution in [2.24, 2.45) is 0 Å². The smallest absolute Gasteiger partial charge is 0.169 e. The van der Waals surface area contributed by atoms with Crippen molar-refractivity contribution in [3.63, 3.8) is 0 Å². The second-order valence-corrected chi connectivity index (χ2v) is 9.75. The topological polar surface area (TPSA) is 55.3 Å². The Morgan fingerprint density at radius 3 is 2.45 bits per heavy atom. The number of nitrogens with zero attached hydrogens (tertiary/aromatic N) is 3. The number of anilines is 1. The van der Waals surface area contributed by atoms with Crippen LogP contribution in [-0.2, 0) is 11.2 Å². The molecule has 0 bridgehead atoms. The molecule has 3 heterocycles. The molecule has 1 aliphatic rings. The minimum atomic E-state index is -0.606. The van der Waals surface area contributed by atoms with Gasteiger partial charge in [0.15, 0.2) is 23.1 Å². The summed E-state index contributed by atoms with van der Waals surface area (Å²) in [6, 6.07) is 13.9. The Bertz CT molecular complexity index is 1750. The molecule has 2 aromatic carbocycles. The maximum absolute atomic E-state index is 15.2. The lowest BCUT2D eigenvalue weighted by Crippen LogP contribution is -2.28. The number of fused-ring (bicyclic) bond motifs is 1. The third-order valence-electron chi connectivity index (χ3n) is 6.71. The quantitative estimate of drug-likeness (QED) is 0.239. The lowest BCUT2D eigenvalue weighted by molar-refractivity contribution is -0.114. The number of halogens is 2. The van der Waals surface area contributed by atoms with Gasteiger partial charge in [0.1, 0.15) is 11.3 Å². The minimum absolute atomic E-state index is 0.00740. The summed E-state index contributed by atoms with van der Waals surface area (Å²) in [4.78, 5) is 24.0. The fourth-order valence-electron chi connectivity index (χ4n) is 4.78. The molecule has 200 valence electrons. The highest BCUT2D eigenvalue weighted by Gasteiger charge is 2.26. The largest absolute Gasteiger partial charge is 0.452 e. The number of rotatable bonds is 7. The molecule has 0 fully saturated rings. The first-order valence-electron chi connectivity index (χ1n) is 12.7. The summed E-state index contributed by atoms with van der Waals surface area (Å²) in [5, 5.41) is 0. The van der Waals surface area contributed by atoms with E-state index in [0.29, 0.717) is 39.3 Å². The Labute approximate surface area is 231 Å². The van der Waals surface area contributed by atoms with Gasteiger partial charge in [-0.25, -0.2) is 8.78 Å². The van der Waals surface area contributed by atoms with Crippen LogP contribution in [0.1, 0.15) is 31.9 Å². The van der Waals surface area contributed by atoms with Crippen LogP contribution in [-0.4, -0.2) is 15.8 Å². The zero-order chi connectivity index (χ0) is 28.6. The first kappa shape index (κ1) is 26.7. The van der Waals surface area contributed by atoms with Crippen molar-refractivity contribution >= 4 is 28.1 Å². The second-order valence-electron chi connectivity index (χ2n) is 9.75. The SMILES string of the molecule is C=C(C)c1cnc2c(Oc3ccc(CC(=O)C4=C(C)C=C(C)N(c5ccc(F)cc5)C4=C)cc3F)ccnc2c1. The van der Waals surface area contributed by atoms with Gasteiger partial charge in [-0.3, -0.25) is 14.8 Å². The number of carbonyl (C=O) groups excluding carboxylic acids is 1. The van der Waals surface area contributed by atoms with Crippen molar-refractivity contribution in [1.82, 2.24) is 9.97 Å². The lowest BCUT2D eigenvalue weighted by Gasteiger charge is -2.33. The summed E-state index contributed by atoms with van der Waals surface area (Å²) in [6.07, 6.45) is 5.10. The van der Waals surface area contributed by atoms with E-state index in [2.05, 4.69) is 23.1 Å². The van der Waals surface area contributed by atoms with Crippen LogP contribution in [0.5, 0.6) is 11.5 Å². The molecule has 0 N–H and O–H groups in total. The molecule has 0 atom stereocenters. The van der Waals surface area contributed by atoms with Gasteiger partial charge in [0, 0.05) is 47.5 Å².